The third kappa shape index (κ3) is 13.9. The maximum atomic E-state index is 12.1. The van der Waals surface area contributed by atoms with Crippen LogP contribution in [0.5, 0.6) is 11.5 Å². The highest BCUT2D eigenvalue weighted by molar-refractivity contribution is 5.73. The van der Waals surface area contributed by atoms with Crippen LogP contribution in [-0.4, -0.2) is 21.9 Å². The van der Waals surface area contributed by atoms with Crippen molar-refractivity contribution >= 4 is 11.9 Å². The molecular weight excluding hydrogens is 464 g/mol. The first kappa shape index (κ1) is 30.5. The zero-order valence-electron chi connectivity index (χ0n) is 23.0. The molecule has 0 aliphatic heterocycles. The number of carbonyl (C=O) groups is 2. The number of rotatable bonds is 20. The molecule has 0 atom stereocenters. The minimum absolute atomic E-state index is 0.195. The number of aromatic nitrogens is 2. The van der Waals surface area contributed by atoms with E-state index in [4.69, 9.17) is 9.47 Å². The Hall–Kier alpha value is -2.76. The summed E-state index contributed by atoms with van der Waals surface area (Å²) in [6, 6.07) is 7.14. The van der Waals surface area contributed by atoms with Gasteiger partial charge in [0.1, 0.15) is 5.75 Å². The molecule has 37 heavy (non-hydrogen) atoms. The average molecular weight is 511 g/mol. The third-order valence-electron chi connectivity index (χ3n) is 6.42. The van der Waals surface area contributed by atoms with E-state index in [0.717, 1.165) is 37.7 Å². The summed E-state index contributed by atoms with van der Waals surface area (Å²) in [5.74, 6) is 0.939. The van der Waals surface area contributed by atoms with E-state index in [-0.39, 0.29) is 11.9 Å². The summed E-state index contributed by atoms with van der Waals surface area (Å²) in [6.45, 7) is 4.43. The van der Waals surface area contributed by atoms with Crippen LogP contribution in [0.25, 0.3) is 11.4 Å². The topological polar surface area (TPSA) is 78.4 Å². The van der Waals surface area contributed by atoms with Crippen LogP contribution in [0.3, 0.4) is 0 Å². The fourth-order valence-corrected chi connectivity index (χ4v) is 4.18. The second kappa shape index (κ2) is 19.4. The molecule has 0 fully saturated rings. The Bertz CT molecular complexity index is 881. The predicted molar refractivity (Wildman–Crippen MR) is 149 cm³/mol. The lowest BCUT2D eigenvalue weighted by Crippen LogP contribution is -2.08. The van der Waals surface area contributed by atoms with Crippen molar-refractivity contribution in [2.75, 3.05) is 0 Å². The first-order valence-electron chi connectivity index (χ1n) is 14.5. The molecule has 0 aliphatic carbocycles. The minimum atomic E-state index is -0.250. The monoisotopic (exact) mass is 510 g/mol. The van der Waals surface area contributed by atoms with E-state index in [1.807, 2.05) is 12.1 Å². The van der Waals surface area contributed by atoms with Crippen LogP contribution in [0, 0.1) is 0 Å². The maximum Gasteiger partial charge on any atom is 0.311 e. The predicted octanol–water partition coefficient (Wildman–Crippen LogP) is 8.63. The van der Waals surface area contributed by atoms with Gasteiger partial charge in [0, 0.05) is 18.4 Å². The van der Waals surface area contributed by atoms with Crippen LogP contribution >= 0.6 is 0 Å². The van der Waals surface area contributed by atoms with Crippen LogP contribution in [0.15, 0.2) is 36.7 Å². The van der Waals surface area contributed by atoms with Gasteiger partial charge in [-0.25, -0.2) is 9.97 Å². The Labute approximate surface area is 223 Å². The van der Waals surface area contributed by atoms with Crippen LogP contribution in [0.1, 0.15) is 123 Å². The number of carbonyl (C=O) groups excluding carboxylic acids is 2. The molecule has 0 spiro atoms. The van der Waals surface area contributed by atoms with Crippen LogP contribution in [-0.2, 0) is 9.59 Å². The molecule has 0 unspecified atom stereocenters. The molecule has 1 aromatic carbocycles. The standard InChI is InChI=1S/C31H46N2O4/c1-3-5-7-9-11-12-13-15-17-18-29(34)36-27-22-20-26(21-23-27)31-32-24-28(25-33-31)37-30(35)19-16-14-10-8-6-4-2/h20-25H,3-19H2,1-2H3. The molecular formula is C31H46N2O4. The normalized spacial score (nSPS) is 10.9. The van der Waals surface area contributed by atoms with Crippen molar-refractivity contribution in [3.05, 3.63) is 36.7 Å². The van der Waals surface area contributed by atoms with Gasteiger partial charge in [0.25, 0.3) is 0 Å². The zero-order chi connectivity index (χ0) is 26.6. The van der Waals surface area contributed by atoms with Crippen molar-refractivity contribution in [1.29, 1.82) is 0 Å². The van der Waals surface area contributed by atoms with Gasteiger partial charge >= 0.3 is 11.9 Å². The third-order valence-corrected chi connectivity index (χ3v) is 6.42. The second-order valence-electron chi connectivity index (χ2n) is 9.81. The number of ether oxygens (including phenoxy) is 2. The van der Waals surface area contributed by atoms with Crippen LogP contribution in [0.2, 0.25) is 0 Å². The smallest absolute Gasteiger partial charge is 0.311 e. The molecule has 0 aliphatic rings. The van der Waals surface area contributed by atoms with Crippen molar-refractivity contribution in [2.24, 2.45) is 0 Å². The first-order chi connectivity index (χ1) is 18.1. The molecule has 0 saturated carbocycles. The van der Waals surface area contributed by atoms with E-state index in [1.165, 1.54) is 76.6 Å². The lowest BCUT2D eigenvalue weighted by molar-refractivity contribution is -0.135. The molecule has 0 radical (unpaired) electrons. The fraction of sp³-hybridized carbons (Fsp3) is 0.613. The maximum absolute atomic E-state index is 12.1. The summed E-state index contributed by atoms with van der Waals surface area (Å²) in [5.41, 5.74) is 0.795. The number of hydrogen-bond acceptors (Lipinski definition) is 6. The summed E-state index contributed by atoms with van der Waals surface area (Å²) in [6.07, 6.45) is 21.6. The number of nitrogens with zero attached hydrogens (tertiary/aromatic N) is 2. The number of hydrogen-bond donors (Lipinski definition) is 0. The molecule has 0 saturated heterocycles. The summed E-state index contributed by atoms with van der Waals surface area (Å²) in [5, 5.41) is 0. The molecule has 6 nitrogen and oxygen atoms in total. The summed E-state index contributed by atoms with van der Waals surface area (Å²) in [4.78, 5) is 32.8. The van der Waals surface area contributed by atoms with Crippen molar-refractivity contribution < 1.29 is 19.1 Å². The van der Waals surface area contributed by atoms with E-state index in [2.05, 4.69) is 23.8 Å². The Morgan fingerprint density at radius 2 is 0.973 bits per heavy atom. The van der Waals surface area contributed by atoms with Gasteiger partial charge in [-0.2, -0.15) is 0 Å². The molecule has 0 bridgehead atoms. The largest absolute Gasteiger partial charge is 0.427 e. The van der Waals surface area contributed by atoms with Crippen LogP contribution < -0.4 is 9.47 Å². The highest BCUT2D eigenvalue weighted by Crippen LogP contribution is 2.21. The molecule has 204 valence electrons. The zero-order valence-corrected chi connectivity index (χ0v) is 23.0. The molecule has 6 heteroatoms. The molecule has 1 heterocycles. The summed E-state index contributed by atoms with van der Waals surface area (Å²) < 4.78 is 10.8. The Morgan fingerprint density at radius 3 is 1.43 bits per heavy atom. The van der Waals surface area contributed by atoms with Crippen molar-refractivity contribution in [3.8, 4) is 22.9 Å². The first-order valence-corrected chi connectivity index (χ1v) is 14.5. The van der Waals surface area contributed by atoms with Gasteiger partial charge in [-0.15, -0.1) is 0 Å². The molecule has 1 aromatic heterocycles. The quantitative estimate of drug-likeness (QED) is 0.101. The Kier molecular flexibility index (Phi) is 15.9. The van der Waals surface area contributed by atoms with Gasteiger partial charge in [-0.1, -0.05) is 97.3 Å². The van der Waals surface area contributed by atoms with Gasteiger partial charge in [-0.05, 0) is 37.1 Å². The van der Waals surface area contributed by atoms with Gasteiger partial charge in [0.2, 0.25) is 0 Å². The van der Waals surface area contributed by atoms with Crippen molar-refractivity contribution in [3.63, 3.8) is 0 Å². The van der Waals surface area contributed by atoms with E-state index >= 15 is 0 Å². The SMILES string of the molecule is CCCCCCCCCCCC(=O)Oc1ccc(-c2ncc(OC(=O)CCCCCCCC)cn2)cc1. The number of esters is 2. The molecule has 0 N–H and O–H groups in total. The van der Waals surface area contributed by atoms with Gasteiger partial charge in [0.05, 0.1) is 12.4 Å². The van der Waals surface area contributed by atoms with E-state index in [9.17, 15) is 9.59 Å². The summed E-state index contributed by atoms with van der Waals surface area (Å²) >= 11 is 0. The molecule has 2 rings (SSSR count). The van der Waals surface area contributed by atoms with Gasteiger partial charge in [0.15, 0.2) is 11.6 Å². The van der Waals surface area contributed by atoms with Crippen LogP contribution in [0.4, 0.5) is 0 Å². The van der Waals surface area contributed by atoms with E-state index in [1.54, 1.807) is 12.1 Å². The Balaban J connectivity index is 1.65. The van der Waals surface area contributed by atoms with Gasteiger partial charge in [-0.3, -0.25) is 9.59 Å². The van der Waals surface area contributed by atoms with Crippen molar-refractivity contribution in [2.45, 2.75) is 123 Å². The fourth-order valence-electron chi connectivity index (χ4n) is 4.18. The number of benzene rings is 1. The second-order valence-corrected chi connectivity index (χ2v) is 9.81. The molecule has 2 aromatic rings. The minimum Gasteiger partial charge on any atom is -0.427 e. The number of unbranched alkanes of at least 4 members (excludes halogenated alkanes) is 13. The lowest BCUT2D eigenvalue weighted by atomic mass is 10.1. The van der Waals surface area contributed by atoms with E-state index < -0.39 is 0 Å². The highest BCUT2D eigenvalue weighted by Gasteiger charge is 2.09. The highest BCUT2D eigenvalue weighted by atomic mass is 16.5. The summed E-state index contributed by atoms with van der Waals surface area (Å²) in [7, 11) is 0. The average Bonchev–Trinajstić information content (AvgIpc) is 2.90. The lowest BCUT2D eigenvalue weighted by Gasteiger charge is -2.07. The van der Waals surface area contributed by atoms with Gasteiger partial charge < -0.3 is 9.47 Å². The van der Waals surface area contributed by atoms with Crippen molar-refractivity contribution in [1.82, 2.24) is 9.97 Å². The Morgan fingerprint density at radius 1 is 0.568 bits per heavy atom. The molecule has 0 amide bonds. The van der Waals surface area contributed by atoms with E-state index in [0.29, 0.717) is 30.2 Å².